The first-order valence-corrected chi connectivity index (χ1v) is 6.37. The average Bonchev–Trinajstić information content (AvgIpc) is 2.94. The van der Waals surface area contributed by atoms with Crippen LogP contribution in [0.25, 0.3) is 0 Å². The van der Waals surface area contributed by atoms with Gasteiger partial charge in [-0.15, -0.1) is 0 Å². The van der Waals surface area contributed by atoms with Crippen LogP contribution in [0.15, 0.2) is 24.3 Å². The third-order valence-corrected chi connectivity index (χ3v) is 3.41. The Labute approximate surface area is 119 Å². The fourth-order valence-corrected chi connectivity index (χ4v) is 2.10. The topological polar surface area (TPSA) is 53.3 Å². The number of halogens is 3. The SMILES string of the molecule is C[C@@H](C(=O)N1OCC[C@H]1c1ccc(C#N)cc1)C(F)(F)F. The highest BCUT2D eigenvalue weighted by atomic mass is 19.4. The number of hydrogen-bond donors (Lipinski definition) is 0. The second-order valence-electron chi connectivity index (χ2n) is 4.80. The lowest BCUT2D eigenvalue weighted by Crippen LogP contribution is -2.40. The molecule has 112 valence electrons. The van der Waals surface area contributed by atoms with E-state index in [4.69, 9.17) is 10.1 Å². The number of nitrogens with zero attached hydrogens (tertiary/aromatic N) is 2. The van der Waals surface area contributed by atoms with Gasteiger partial charge in [0.05, 0.1) is 24.3 Å². The number of nitriles is 1. The number of rotatable bonds is 2. The van der Waals surface area contributed by atoms with Gasteiger partial charge < -0.3 is 0 Å². The summed E-state index contributed by atoms with van der Waals surface area (Å²) in [4.78, 5) is 17.0. The van der Waals surface area contributed by atoms with Crippen LogP contribution in [0, 0.1) is 17.2 Å². The maximum atomic E-state index is 12.6. The molecule has 0 bridgehead atoms. The third kappa shape index (κ3) is 3.16. The average molecular weight is 298 g/mol. The van der Waals surface area contributed by atoms with Crippen molar-refractivity contribution in [2.75, 3.05) is 6.61 Å². The van der Waals surface area contributed by atoms with Gasteiger partial charge in [-0.2, -0.15) is 18.4 Å². The molecular weight excluding hydrogens is 285 g/mol. The fourth-order valence-electron chi connectivity index (χ4n) is 2.10. The molecule has 0 aromatic heterocycles. The minimum atomic E-state index is -4.60. The van der Waals surface area contributed by atoms with Crippen molar-refractivity contribution in [3.8, 4) is 6.07 Å². The molecular formula is C14H13F3N2O2. The van der Waals surface area contributed by atoms with E-state index in [1.165, 1.54) is 0 Å². The Balaban J connectivity index is 2.20. The number of alkyl halides is 3. The Morgan fingerprint density at radius 3 is 2.57 bits per heavy atom. The van der Waals surface area contributed by atoms with Crippen LogP contribution in [0.2, 0.25) is 0 Å². The summed E-state index contributed by atoms with van der Waals surface area (Å²) < 4.78 is 37.9. The maximum Gasteiger partial charge on any atom is 0.400 e. The van der Waals surface area contributed by atoms with Crippen LogP contribution in [0.1, 0.15) is 30.5 Å². The maximum absolute atomic E-state index is 12.6. The number of amides is 1. The molecule has 1 aromatic rings. The highest BCUT2D eigenvalue weighted by Crippen LogP contribution is 2.35. The molecule has 1 heterocycles. The molecule has 0 radical (unpaired) electrons. The summed E-state index contributed by atoms with van der Waals surface area (Å²) in [5.74, 6) is -3.22. The number of hydrogen-bond acceptors (Lipinski definition) is 3. The molecule has 1 saturated heterocycles. The predicted octanol–water partition coefficient (Wildman–Crippen LogP) is 2.96. The van der Waals surface area contributed by atoms with Crippen LogP contribution in [-0.4, -0.2) is 23.8 Å². The quantitative estimate of drug-likeness (QED) is 0.843. The molecule has 1 amide bonds. The number of carbonyl (C=O) groups excluding carboxylic acids is 1. The largest absolute Gasteiger partial charge is 0.400 e. The van der Waals surface area contributed by atoms with Crippen molar-refractivity contribution >= 4 is 5.91 Å². The standard InChI is InChI=1S/C14H13F3N2O2/c1-9(14(15,16)17)13(20)19-12(6-7-21-19)11-4-2-10(8-18)3-5-11/h2-5,9,12H,6-7H2,1H3/t9-,12-/m0/s1. The van der Waals surface area contributed by atoms with E-state index >= 15 is 0 Å². The van der Waals surface area contributed by atoms with Gasteiger partial charge in [0.25, 0.3) is 5.91 Å². The summed E-state index contributed by atoms with van der Waals surface area (Å²) in [5.41, 5.74) is 1.09. The number of hydroxylamine groups is 2. The van der Waals surface area contributed by atoms with Gasteiger partial charge in [0.1, 0.15) is 5.92 Å². The van der Waals surface area contributed by atoms with E-state index in [1.807, 2.05) is 6.07 Å². The van der Waals surface area contributed by atoms with Crippen molar-refractivity contribution in [1.29, 1.82) is 5.26 Å². The Hall–Kier alpha value is -2.07. The molecule has 0 aliphatic carbocycles. The molecule has 2 atom stereocenters. The predicted molar refractivity (Wildman–Crippen MR) is 66.5 cm³/mol. The zero-order valence-corrected chi connectivity index (χ0v) is 11.2. The Kier molecular flexibility index (Phi) is 4.19. The first-order valence-electron chi connectivity index (χ1n) is 6.37. The van der Waals surface area contributed by atoms with Crippen LogP contribution in [0.5, 0.6) is 0 Å². The monoisotopic (exact) mass is 298 g/mol. The van der Waals surface area contributed by atoms with Crippen molar-refractivity contribution < 1.29 is 22.8 Å². The van der Waals surface area contributed by atoms with Gasteiger partial charge in [-0.05, 0) is 24.6 Å². The van der Waals surface area contributed by atoms with E-state index in [2.05, 4.69) is 0 Å². The molecule has 7 heteroatoms. The molecule has 0 N–H and O–H groups in total. The minimum absolute atomic E-state index is 0.182. The normalized spacial score (nSPS) is 20.1. The zero-order valence-electron chi connectivity index (χ0n) is 11.2. The van der Waals surface area contributed by atoms with E-state index in [-0.39, 0.29) is 6.61 Å². The zero-order chi connectivity index (χ0) is 15.6. The molecule has 21 heavy (non-hydrogen) atoms. The van der Waals surface area contributed by atoms with E-state index in [0.717, 1.165) is 12.0 Å². The number of benzene rings is 1. The Morgan fingerprint density at radius 1 is 1.43 bits per heavy atom. The van der Waals surface area contributed by atoms with Crippen LogP contribution >= 0.6 is 0 Å². The van der Waals surface area contributed by atoms with E-state index in [0.29, 0.717) is 17.5 Å². The van der Waals surface area contributed by atoms with Gasteiger partial charge in [0.2, 0.25) is 0 Å². The Bertz CT molecular complexity index is 563. The van der Waals surface area contributed by atoms with Crippen molar-refractivity contribution in [3.63, 3.8) is 0 Å². The van der Waals surface area contributed by atoms with Gasteiger partial charge in [0.15, 0.2) is 0 Å². The van der Waals surface area contributed by atoms with E-state index in [1.54, 1.807) is 24.3 Å². The first-order chi connectivity index (χ1) is 9.84. The van der Waals surface area contributed by atoms with Gasteiger partial charge in [0, 0.05) is 6.42 Å². The lowest BCUT2D eigenvalue weighted by Gasteiger charge is -2.26. The Morgan fingerprint density at radius 2 is 2.05 bits per heavy atom. The summed E-state index contributed by atoms with van der Waals surface area (Å²) in [6, 6.07) is 7.76. The molecule has 2 rings (SSSR count). The number of carbonyl (C=O) groups is 1. The minimum Gasteiger partial charge on any atom is -0.272 e. The fraction of sp³-hybridized carbons (Fsp3) is 0.429. The van der Waals surface area contributed by atoms with Gasteiger partial charge >= 0.3 is 6.18 Å². The summed E-state index contributed by atoms with van der Waals surface area (Å²) in [5, 5.41) is 9.54. The van der Waals surface area contributed by atoms with Gasteiger partial charge in [-0.3, -0.25) is 9.63 Å². The molecule has 1 aliphatic heterocycles. The van der Waals surface area contributed by atoms with Gasteiger partial charge in [-0.25, -0.2) is 5.06 Å². The molecule has 1 aliphatic rings. The highest BCUT2D eigenvalue weighted by molar-refractivity contribution is 5.79. The first kappa shape index (κ1) is 15.3. The molecule has 0 saturated carbocycles. The van der Waals surface area contributed by atoms with Gasteiger partial charge in [-0.1, -0.05) is 12.1 Å². The highest BCUT2D eigenvalue weighted by Gasteiger charge is 2.46. The molecule has 0 spiro atoms. The molecule has 4 nitrogen and oxygen atoms in total. The second-order valence-corrected chi connectivity index (χ2v) is 4.80. The van der Waals surface area contributed by atoms with Crippen LogP contribution in [-0.2, 0) is 9.63 Å². The van der Waals surface area contributed by atoms with E-state index < -0.39 is 24.0 Å². The van der Waals surface area contributed by atoms with Crippen molar-refractivity contribution in [3.05, 3.63) is 35.4 Å². The van der Waals surface area contributed by atoms with Crippen molar-refractivity contribution in [2.45, 2.75) is 25.6 Å². The van der Waals surface area contributed by atoms with Crippen molar-refractivity contribution in [1.82, 2.24) is 5.06 Å². The lowest BCUT2D eigenvalue weighted by atomic mass is 10.0. The van der Waals surface area contributed by atoms with Crippen molar-refractivity contribution in [2.24, 2.45) is 5.92 Å². The molecule has 1 aromatic carbocycles. The van der Waals surface area contributed by atoms with Crippen LogP contribution < -0.4 is 0 Å². The lowest BCUT2D eigenvalue weighted by molar-refractivity contribution is -0.213. The molecule has 0 unspecified atom stereocenters. The second kappa shape index (κ2) is 5.74. The summed E-state index contributed by atoms with van der Waals surface area (Å²) >= 11 is 0. The summed E-state index contributed by atoms with van der Waals surface area (Å²) in [6.45, 7) is 1.00. The summed E-state index contributed by atoms with van der Waals surface area (Å²) in [6.07, 6.45) is -4.18. The smallest absolute Gasteiger partial charge is 0.272 e. The summed E-state index contributed by atoms with van der Waals surface area (Å²) in [7, 11) is 0. The van der Waals surface area contributed by atoms with Crippen LogP contribution in [0.4, 0.5) is 13.2 Å². The third-order valence-electron chi connectivity index (χ3n) is 3.41. The van der Waals surface area contributed by atoms with Crippen LogP contribution in [0.3, 0.4) is 0 Å². The molecule has 1 fully saturated rings. The van der Waals surface area contributed by atoms with E-state index in [9.17, 15) is 18.0 Å².